The van der Waals surface area contributed by atoms with E-state index < -0.39 is 5.79 Å². The predicted octanol–water partition coefficient (Wildman–Crippen LogP) is 0.739. The minimum absolute atomic E-state index is 0.105. The standard InChI is InChI=1S/C7H12NO3/c1-7(2)10-5-6(11-7)3-4-8-9/h3-4,6,8H,5H2,1-2H3/q-1/b4-3+/t6-/m0/s1. The Hall–Kier alpha value is -0.580. The lowest BCUT2D eigenvalue weighted by atomic mass is 10.4. The SMILES string of the molecule is CC1(C)OC[C@H](/C=C/N[O-])O1. The molecule has 1 aliphatic rings. The highest BCUT2D eigenvalue weighted by Crippen LogP contribution is 2.22. The minimum atomic E-state index is -0.516. The Bertz CT molecular complexity index is 156. The van der Waals surface area contributed by atoms with Crippen molar-refractivity contribution in [2.24, 2.45) is 0 Å². The van der Waals surface area contributed by atoms with E-state index in [0.717, 1.165) is 0 Å². The normalized spacial score (nSPS) is 29.5. The largest absolute Gasteiger partial charge is 0.761 e. The lowest BCUT2D eigenvalue weighted by molar-refractivity contribution is -0.133. The fourth-order valence-electron chi connectivity index (χ4n) is 0.957. The number of nitrogens with one attached hydrogen (secondary N) is 1. The van der Waals surface area contributed by atoms with E-state index in [-0.39, 0.29) is 6.10 Å². The molecule has 0 spiro atoms. The van der Waals surface area contributed by atoms with Crippen LogP contribution < -0.4 is 5.48 Å². The van der Waals surface area contributed by atoms with Crippen LogP contribution in [0, 0.1) is 5.21 Å². The molecule has 0 unspecified atom stereocenters. The molecule has 4 heteroatoms. The molecule has 0 saturated carbocycles. The zero-order valence-electron chi connectivity index (χ0n) is 6.66. The second-order valence-electron chi connectivity index (χ2n) is 2.84. The maximum Gasteiger partial charge on any atom is 0.163 e. The van der Waals surface area contributed by atoms with Gasteiger partial charge in [0.2, 0.25) is 0 Å². The van der Waals surface area contributed by atoms with Gasteiger partial charge in [-0.15, -0.1) is 0 Å². The van der Waals surface area contributed by atoms with E-state index in [2.05, 4.69) is 0 Å². The highest BCUT2D eigenvalue weighted by Gasteiger charge is 2.30. The molecule has 1 N–H and O–H groups in total. The molecule has 0 aromatic carbocycles. The first-order chi connectivity index (χ1) is 5.14. The number of hydrogen-bond donors (Lipinski definition) is 1. The van der Waals surface area contributed by atoms with Gasteiger partial charge in [0.15, 0.2) is 5.79 Å². The lowest BCUT2D eigenvalue weighted by Crippen LogP contribution is -2.20. The quantitative estimate of drug-likeness (QED) is 0.602. The van der Waals surface area contributed by atoms with Crippen molar-refractivity contribution in [3.8, 4) is 0 Å². The molecule has 0 aromatic rings. The van der Waals surface area contributed by atoms with Crippen LogP contribution in [0.4, 0.5) is 0 Å². The monoisotopic (exact) mass is 158 g/mol. The summed E-state index contributed by atoms with van der Waals surface area (Å²) in [4.78, 5) is 0. The van der Waals surface area contributed by atoms with Crippen molar-refractivity contribution < 1.29 is 9.47 Å². The zero-order chi connectivity index (χ0) is 8.32. The van der Waals surface area contributed by atoms with Gasteiger partial charge in [-0.3, -0.25) is 0 Å². The number of hydrogen-bond acceptors (Lipinski definition) is 4. The molecule has 1 atom stereocenters. The Labute approximate surface area is 65.8 Å². The van der Waals surface area contributed by atoms with Crippen LogP contribution in [0.25, 0.3) is 0 Å². The van der Waals surface area contributed by atoms with Gasteiger partial charge in [0.05, 0.1) is 6.61 Å². The maximum atomic E-state index is 9.81. The Balaban J connectivity index is 2.36. The van der Waals surface area contributed by atoms with Crippen molar-refractivity contribution in [3.63, 3.8) is 0 Å². The summed E-state index contributed by atoms with van der Waals surface area (Å²) in [5.74, 6) is -0.516. The molecule has 1 saturated heterocycles. The topological polar surface area (TPSA) is 53.5 Å². The number of rotatable bonds is 2. The van der Waals surface area contributed by atoms with Gasteiger partial charge in [-0.25, -0.2) is 0 Å². The third kappa shape index (κ3) is 2.49. The molecule has 1 fully saturated rings. The molecule has 1 heterocycles. The van der Waals surface area contributed by atoms with Gasteiger partial charge in [-0.05, 0) is 26.1 Å². The Kier molecular flexibility index (Phi) is 2.49. The van der Waals surface area contributed by atoms with Gasteiger partial charge in [-0.2, -0.15) is 0 Å². The highest BCUT2D eigenvalue weighted by atomic mass is 16.7. The van der Waals surface area contributed by atoms with Crippen molar-refractivity contribution in [1.82, 2.24) is 5.48 Å². The van der Waals surface area contributed by atoms with E-state index in [9.17, 15) is 5.21 Å². The fourth-order valence-corrected chi connectivity index (χ4v) is 0.957. The van der Waals surface area contributed by atoms with E-state index in [1.807, 2.05) is 13.8 Å². The van der Waals surface area contributed by atoms with E-state index in [4.69, 9.17) is 9.47 Å². The van der Waals surface area contributed by atoms with Crippen LogP contribution in [0.15, 0.2) is 12.3 Å². The summed E-state index contributed by atoms with van der Waals surface area (Å²) < 4.78 is 10.6. The smallest absolute Gasteiger partial charge is 0.163 e. The first-order valence-electron chi connectivity index (χ1n) is 3.50. The minimum Gasteiger partial charge on any atom is -0.761 e. The van der Waals surface area contributed by atoms with Gasteiger partial charge in [0.1, 0.15) is 6.10 Å². The summed E-state index contributed by atoms with van der Waals surface area (Å²) in [6.07, 6.45) is 2.84. The van der Waals surface area contributed by atoms with Crippen LogP contribution >= 0.6 is 0 Å². The molecule has 0 aromatic heterocycles. The summed E-state index contributed by atoms with van der Waals surface area (Å²) >= 11 is 0. The lowest BCUT2D eigenvalue weighted by Gasteiger charge is -2.15. The zero-order valence-corrected chi connectivity index (χ0v) is 6.66. The molecular weight excluding hydrogens is 146 g/mol. The average molecular weight is 158 g/mol. The summed E-state index contributed by atoms with van der Waals surface area (Å²) in [5.41, 5.74) is 1.66. The van der Waals surface area contributed by atoms with Crippen LogP contribution in [0.3, 0.4) is 0 Å². The van der Waals surface area contributed by atoms with Crippen molar-refractivity contribution in [1.29, 1.82) is 0 Å². The Morgan fingerprint density at radius 1 is 1.64 bits per heavy atom. The van der Waals surface area contributed by atoms with E-state index >= 15 is 0 Å². The molecule has 0 bridgehead atoms. The highest BCUT2D eigenvalue weighted by molar-refractivity contribution is 4.91. The maximum absolute atomic E-state index is 9.81. The second kappa shape index (κ2) is 3.21. The Morgan fingerprint density at radius 3 is 2.82 bits per heavy atom. The van der Waals surface area contributed by atoms with Crippen LogP contribution in [0.1, 0.15) is 13.8 Å². The van der Waals surface area contributed by atoms with Gasteiger partial charge >= 0.3 is 0 Å². The average Bonchev–Trinajstić information content (AvgIpc) is 2.26. The number of ether oxygens (including phenoxy) is 2. The van der Waals surface area contributed by atoms with Gasteiger partial charge in [-0.1, -0.05) is 0 Å². The fraction of sp³-hybridized carbons (Fsp3) is 0.714. The predicted molar refractivity (Wildman–Crippen MR) is 40.5 cm³/mol. The van der Waals surface area contributed by atoms with Crippen LogP contribution in [0.2, 0.25) is 0 Å². The van der Waals surface area contributed by atoms with Crippen molar-refractivity contribution in [2.45, 2.75) is 25.7 Å². The molecule has 0 amide bonds. The van der Waals surface area contributed by atoms with Crippen LogP contribution in [0.5, 0.6) is 0 Å². The molecule has 11 heavy (non-hydrogen) atoms. The summed E-state index contributed by atoms with van der Waals surface area (Å²) in [7, 11) is 0. The molecule has 4 nitrogen and oxygen atoms in total. The van der Waals surface area contributed by atoms with Crippen molar-refractivity contribution >= 4 is 0 Å². The van der Waals surface area contributed by atoms with Gasteiger partial charge < -0.3 is 20.2 Å². The van der Waals surface area contributed by atoms with Gasteiger partial charge in [0.25, 0.3) is 0 Å². The number of hydroxylamine groups is 1. The van der Waals surface area contributed by atoms with Crippen LogP contribution in [-0.4, -0.2) is 18.5 Å². The molecule has 1 aliphatic heterocycles. The first kappa shape index (κ1) is 8.52. The van der Waals surface area contributed by atoms with E-state index in [0.29, 0.717) is 6.61 Å². The van der Waals surface area contributed by atoms with Crippen molar-refractivity contribution in [3.05, 3.63) is 17.5 Å². The molecule has 0 aliphatic carbocycles. The van der Waals surface area contributed by atoms with Gasteiger partial charge in [0, 0.05) is 0 Å². The third-order valence-electron chi connectivity index (χ3n) is 1.41. The van der Waals surface area contributed by atoms with Crippen molar-refractivity contribution in [2.75, 3.05) is 6.61 Å². The summed E-state index contributed by atoms with van der Waals surface area (Å²) in [6, 6.07) is 0. The Morgan fingerprint density at radius 2 is 2.36 bits per heavy atom. The molecule has 64 valence electrons. The first-order valence-corrected chi connectivity index (χ1v) is 3.50. The van der Waals surface area contributed by atoms with E-state index in [1.54, 1.807) is 11.6 Å². The summed E-state index contributed by atoms with van der Waals surface area (Å²) in [6.45, 7) is 4.18. The van der Waals surface area contributed by atoms with E-state index in [1.165, 1.54) is 6.20 Å². The third-order valence-corrected chi connectivity index (χ3v) is 1.41. The van der Waals surface area contributed by atoms with Crippen LogP contribution in [-0.2, 0) is 9.47 Å². The summed E-state index contributed by atoms with van der Waals surface area (Å²) in [5, 5.41) is 9.81. The molecule has 1 rings (SSSR count). The second-order valence-corrected chi connectivity index (χ2v) is 2.84. The molecule has 0 radical (unpaired) electrons. The molecular formula is C7H12NO3-.